The number of aromatic nitrogens is 2. The summed E-state index contributed by atoms with van der Waals surface area (Å²) in [5, 5.41) is 3.00. The largest absolute Gasteiger partial charge is 0.445 e. The van der Waals surface area contributed by atoms with Crippen LogP contribution in [-0.4, -0.2) is 22.1 Å². The number of ether oxygens (including phenoxy) is 1. The van der Waals surface area contributed by atoms with Crippen molar-refractivity contribution in [3.63, 3.8) is 0 Å². The zero-order valence-corrected chi connectivity index (χ0v) is 16.0. The average molecular weight is 392 g/mol. The number of aryl methyl sites for hydroxylation is 1. The van der Waals surface area contributed by atoms with E-state index in [1.165, 1.54) is 0 Å². The molecule has 1 heterocycles. The zero-order valence-electron chi connectivity index (χ0n) is 15.3. The van der Waals surface area contributed by atoms with Gasteiger partial charge in [0.15, 0.2) is 5.82 Å². The van der Waals surface area contributed by atoms with Crippen molar-refractivity contribution in [2.24, 2.45) is 5.92 Å². The summed E-state index contributed by atoms with van der Waals surface area (Å²) in [6.45, 7) is 1.83. The number of hydrogen-bond acceptors (Lipinski definition) is 4. The SMILES string of the molecule is Cc1nc(Cl)nc(C[C@H]2CCC[C@@H](NC(=O)OCc3ccccc3)C2)c1F. The Labute approximate surface area is 163 Å². The van der Waals surface area contributed by atoms with Crippen molar-refractivity contribution in [1.82, 2.24) is 15.3 Å². The molecule has 1 aromatic carbocycles. The predicted molar refractivity (Wildman–Crippen MR) is 101 cm³/mol. The van der Waals surface area contributed by atoms with Crippen molar-refractivity contribution in [3.8, 4) is 0 Å². The van der Waals surface area contributed by atoms with E-state index in [1.54, 1.807) is 6.92 Å². The van der Waals surface area contributed by atoms with Gasteiger partial charge in [-0.2, -0.15) is 0 Å². The molecule has 1 N–H and O–H groups in total. The van der Waals surface area contributed by atoms with Crippen molar-refractivity contribution < 1.29 is 13.9 Å². The second-order valence-corrected chi connectivity index (χ2v) is 7.32. The van der Waals surface area contributed by atoms with Gasteiger partial charge in [0.25, 0.3) is 0 Å². The van der Waals surface area contributed by atoms with Gasteiger partial charge in [-0.05, 0) is 55.7 Å². The first-order chi connectivity index (χ1) is 13.0. The van der Waals surface area contributed by atoms with Gasteiger partial charge in [-0.3, -0.25) is 0 Å². The molecule has 1 aliphatic rings. The van der Waals surface area contributed by atoms with E-state index in [-0.39, 0.29) is 29.5 Å². The van der Waals surface area contributed by atoms with Crippen molar-refractivity contribution in [2.75, 3.05) is 0 Å². The molecule has 7 heteroatoms. The van der Waals surface area contributed by atoms with Crippen LogP contribution in [0.1, 0.15) is 42.6 Å². The van der Waals surface area contributed by atoms with Gasteiger partial charge >= 0.3 is 6.09 Å². The minimum absolute atomic E-state index is 0.0218. The van der Waals surface area contributed by atoms with Crippen LogP contribution in [0.25, 0.3) is 0 Å². The third kappa shape index (κ3) is 5.63. The molecule has 1 amide bonds. The summed E-state index contributed by atoms with van der Waals surface area (Å²) in [5.41, 5.74) is 1.56. The lowest BCUT2D eigenvalue weighted by Gasteiger charge is -2.29. The third-order valence-electron chi connectivity index (χ3n) is 4.86. The van der Waals surface area contributed by atoms with Gasteiger partial charge in [-0.1, -0.05) is 36.8 Å². The number of rotatable bonds is 5. The van der Waals surface area contributed by atoms with Crippen LogP contribution in [0.5, 0.6) is 0 Å². The molecule has 144 valence electrons. The van der Waals surface area contributed by atoms with E-state index >= 15 is 0 Å². The molecule has 1 aliphatic carbocycles. The van der Waals surface area contributed by atoms with E-state index in [2.05, 4.69) is 15.3 Å². The Balaban J connectivity index is 1.51. The highest BCUT2D eigenvalue weighted by atomic mass is 35.5. The van der Waals surface area contributed by atoms with Crippen LogP contribution in [0, 0.1) is 18.7 Å². The van der Waals surface area contributed by atoms with E-state index in [1.807, 2.05) is 30.3 Å². The lowest BCUT2D eigenvalue weighted by Crippen LogP contribution is -2.39. The molecule has 0 saturated heterocycles. The highest BCUT2D eigenvalue weighted by molar-refractivity contribution is 6.28. The highest BCUT2D eigenvalue weighted by Crippen LogP contribution is 2.28. The molecule has 0 radical (unpaired) electrons. The Kier molecular flexibility index (Phi) is 6.61. The first-order valence-electron chi connectivity index (χ1n) is 9.17. The lowest BCUT2D eigenvalue weighted by molar-refractivity contribution is 0.130. The maximum absolute atomic E-state index is 14.2. The van der Waals surface area contributed by atoms with E-state index in [4.69, 9.17) is 16.3 Å². The van der Waals surface area contributed by atoms with Crippen LogP contribution >= 0.6 is 11.6 Å². The number of halogens is 2. The Bertz CT molecular complexity index is 788. The molecule has 1 saturated carbocycles. The second-order valence-electron chi connectivity index (χ2n) is 6.98. The highest BCUT2D eigenvalue weighted by Gasteiger charge is 2.25. The van der Waals surface area contributed by atoms with Crippen molar-refractivity contribution >= 4 is 17.7 Å². The summed E-state index contributed by atoms with van der Waals surface area (Å²) < 4.78 is 19.5. The quantitative estimate of drug-likeness (QED) is 0.756. The van der Waals surface area contributed by atoms with Gasteiger partial charge in [0.2, 0.25) is 5.28 Å². The molecule has 0 bridgehead atoms. The number of hydrogen-bond donors (Lipinski definition) is 1. The first kappa shape index (κ1) is 19.5. The molecule has 2 atom stereocenters. The Morgan fingerprint density at radius 3 is 2.85 bits per heavy atom. The number of alkyl carbamates (subject to hydrolysis) is 1. The van der Waals surface area contributed by atoms with E-state index in [0.29, 0.717) is 12.1 Å². The summed E-state index contributed by atoms with van der Waals surface area (Å²) in [6, 6.07) is 9.57. The maximum atomic E-state index is 14.2. The van der Waals surface area contributed by atoms with Crippen LogP contribution in [0.15, 0.2) is 30.3 Å². The van der Waals surface area contributed by atoms with Gasteiger partial charge in [0.05, 0.1) is 11.4 Å². The molecule has 0 aliphatic heterocycles. The first-order valence-corrected chi connectivity index (χ1v) is 9.54. The summed E-state index contributed by atoms with van der Waals surface area (Å²) in [4.78, 5) is 19.9. The molecule has 27 heavy (non-hydrogen) atoms. The fraction of sp³-hybridized carbons (Fsp3) is 0.450. The molecule has 2 aromatic rings. The lowest BCUT2D eigenvalue weighted by atomic mass is 9.83. The summed E-state index contributed by atoms with van der Waals surface area (Å²) in [7, 11) is 0. The fourth-order valence-electron chi connectivity index (χ4n) is 3.53. The van der Waals surface area contributed by atoms with Crippen LogP contribution in [0.4, 0.5) is 9.18 Å². The number of amides is 1. The Morgan fingerprint density at radius 1 is 1.30 bits per heavy atom. The summed E-state index contributed by atoms with van der Waals surface area (Å²) in [6.07, 6.45) is 3.66. The molecule has 0 spiro atoms. The van der Waals surface area contributed by atoms with Crippen LogP contribution in [0.2, 0.25) is 5.28 Å². The summed E-state index contributed by atoms with van der Waals surface area (Å²) in [5.74, 6) is -0.158. The minimum Gasteiger partial charge on any atom is -0.445 e. The molecule has 1 aromatic heterocycles. The fourth-order valence-corrected chi connectivity index (χ4v) is 3.76. The van der Waals surface area contributed by atoms with Crippen molar-refractivity contribution in [2.45, 2.75) is 51.7 Å². The maximum Gasteiger partial charge on any atom is 0.407 e. The van der Waals surface area contributed by atoms with Gasteiger partial charge in [-0.15, -0.1) is 0 Å². The molecule has 1 fully saturated rings. The molecule has 3 rings (SSSR count). The van der Waals surface area contributed by atoms with Gasteiger partial charge in [0, 0.05) is 6.04 Å². The zero-order chi connectivity index (χ0) is 19.2. The van der Waals surface area contributed by atoms with Gasteiger partial charge < -0.3 is 10.1 Å². The van der Waals surface area contributed by atoms with Crippen molar-refractivity contribution in [1.29, 1.82) is 0 Å². The number of carbonyl (C=O) groups excluding carboxylic acids is 1. The Morgan fingerprint density at radius 2 is 2.07 bits per heavy atom. The second kappa shape index (κ2) is 9.13. The normalized spacial score (nSPS) is 19.5. The standard InChI is InChI=1S/C20H23ClFN3O2/c1-13-18(22)17(25-19(21)23-13)11-15-8-5-9-16(10-15)24-20(26)27-12-14-6-3-2-4-7-14/h2-4,6-7,15-16H,5,8-12H2,1H3,(H,24,26)/t15-,16+/m0/s1. The number of nitrogens with zero attached hydrogens (tertiary/aromatic N) is 2. The molecule has 5 nitrogen and oxygen atoms in total. The molecular weight excluding hydrogens is 369 g/mol. The monoisotopic (exact) mass is 391 g/mol. The van der Waals surface area contributed by atoms with Gasteiger partial charge in [-0.25, -0.2) is 19.2 Å². The average Bonchev–Trinajstić information content (AvgIpc) is 2.65. The number of carbonyl (C=O) groups is 1. The Hall–Kier alpha value is -2.21. The number of benzene rings is 1. The van der Waals surface area contributed by atoms with Crippen LogP contribution < -0.4 is 5.32 Å². The van der Waals surface area contributed by atoms with E-state index < -0.39 is 11.9 Å². The van der Waals surface area contributed by atoms with Crippen molar-refractivity contribution in [3.05, 3.63) is 58.4 Å². The van der Waals surface area contributed by atoms with Crippen LogP contribution in [0.3, 0.4) is 0 Å². The van der Waals surface area contributed by atoms with E-state index in [9.17, 15) is 9.18 Å². The third-order valence-corrected chi connectivity index (χ3v) is 5.03. The van der Waals surface area contributed by atoms with E-state index in [0.717, 1.165) is 31.2 Å². The number of nitrogens with one attached hydrogen (secondary N) is 1. The van der Waals surface area contributed by atoms with Gasteiger partial charge in [0.1, 0.15) is 6.61 Å². The molecular formula is C20H23ClFN3O2. The summed E-state index contributed by atoms with van der Waals surface area (Å²) >= 11 is 5.86. The molecule has 0 unspecified atom stereocenters. The topological polar surface area (TPSA) is 64.1 Å². The van der Waals surface area contributed by atoms with Crippen LogP contribution in [-0.2, 0) is 17.8 Å². The smallest absolute Gasteiger partial charge is 0.407 e. The minimum atomic E-state index is -0.420. The predicted octanol–water partition coefficient (Wildman–Crippen LogP) is 4.61.